The minimum atomic E-state index is 0.110. The quantitative estimate of drug-likeness (QED) is 0.852. The van der Waals surface area contributed by atoms with Crippen molar-refractivity contribution < 1.29 is 4.79 Å². The van der Waals surface area contributed by atoms with E-state index in [1.54, 1.807) is 6.20 Å². The molecule has 1 fully saturated rings. The van der Waals surface area contributed by atoms with Gasteiger partial charge in [0.1, 0.15) is 10.7 Å². The van der Waals surface area contributed by atoms with Gasteiger partial charge >= 0.3 is 0 Å². The van der Waals surface area contributed by atoms with Crippen molar-refractivity contribution in [2.45, 2.75) is 13.8 Å². The molecule has 0 bridgehead atoms. The second kappa shape index (κ2) is 5.81. The first-order chi connectivity index (χ1) is 10.1. The molecule has 3 heterocycles. The monoisotopic (exact) mass is 302 g/mol. The number of aromatic nitrogens is 2. The number of thiazole rings is 1. The molecule has 0 aromatic carbocycles. The Morgan fingerprint density at radius 1 is 1.19 bits per heavy atom. The molecule has 1 aliphatic rings. The van der Waals surface area contributed by atoms with Crippen molar-refractivity contribution in [3.05, 3.63) is 40.0 Å². The summed E-state index contributed by atoms with van der Waals surface area (Å²) in [6, 6.07) is 5.91. The summed E-state index contributed by atoms with van der Waals surface area (Å²) in [6.45, 7) is 6.94. The number of anilines is 1. The second-order valence-electron chi connectivity index (χ2n) is 5.11. The molecule has 1 aliphatic heterocycles. The van der Waals surface area contributed by atoms with Gasteiger partial charge in [0.15, 0.2) is 0 Å². The molecule has 110 valence electrons. The standard InChI is InChI=1S/C15H18N4OS/c1-11-14(21-12(2)17-11)15(20)19-9-7-18(8-10-19)13-5-3-4-6-16-13/h3-6H,7-10H2,1-2H3. The third kappa shape index (κ3) is 2.90. The van der Waals surface area contributed by atoms with Crippen molar-refractivity contribution in [2.24, 2.45) is 0 Å². The van der Waals surface area contributed by atoms with Crippen LogP contribution in [-0.2, 0) is 0 Å². The highest BCUT2D eigenvalue weighted by Gasteiger charge is 2.25. The molecule has 0 unspecified atom stereocenters. The van der Waals surface area contributed by atoms with Crippen LogP contribution in [0.5, 0.6) is 0 Å². The molecule has 5 nitrogen and oxygen atoms in total. The van der Waals surface area contributed by atoms with E-state index < -0.39 is 0 Å². The second-order valence-corrected chi connectivity index (χ2v) is 6.32. The number of rotatable bonds is 2. The van der Waals surface area contributed by atoms with Gasteiger partial charge in [0.25, 0.3) is 5.91 Å². The Morgan fingerprint density at radius 2 is 1.95 bits per heavy atom. The van der Waals surface area contributed by atoms with E-state index >= 15 is 0 Å². The van der Waals surface area contributed by atoms with Gasteiger partial charge in [-0.2, -0.15) is 0 Å². The minimum Gasteiger partial charge on any atom is -0.353 e. The maximum Gasteiger partial charge on any atom is 0.265 e. The van der Waals surface area contributed by atoms with Crippen LogP contribution in [-0.4, -0.2) is 47.0 Å². The zero-order chi connectivity index (χ0) is 14.8. The zero-order valence-corrected chi connectivity index (χ0v) is 13.1. The summed E-state index contributed by atoms with van der Waals surface area (Å²) in [4.78, 5) is 26.2. The first kappa shape index (κ1) is 14.0. The van der Waals surface area contributed by atoms with Gasteiger partial charge < -0.3 is 9.80 Å². The minimum absolute atomic E-state index is 0.110. The van der Waals surface area contributed by atoms with Crippen LogP contribution in [0.15, 0.2) is 24.4 Å². The van der Waals surface area contributed by atoms with Gasteiger partial charge in [-0.1, -0.05) is 6.07 Å². The highest BCUT2D eigenvalue weighted by atomic mass is 32.1. The van der Waals surface area contributed by atoms with Crippen LogP contribution >= 0.6 is 11.3 Å². The van der Waals surface area contributed by atoms with Gasteiger partial charge in [-0.05, 0) is 26.0 Å². The Kier molecular flexibility index (Phi) is 3.88. The molecule has 2 aromatic rings. The summed E-state index contributed by atoms with van der Waals surface area (Å²) in [7, 11) is 0. The summed E-state index contributed by atoms with van der Waals surface area (Å²) in [6.07, 6.45) is 1.80. The Balaban J connectivity index is 1.66. The molecule has 0 atom stereocenters. The molecule has 3 rings (SSSR count). The molecule has 0 spiro atoms. The van der Waals surface area contributed by atoms with Gasteiger partial charge in [-0.25, -0.2) is 9.97 Å². The molecule has 1 saturated heterocycles. The number of piperazine rings is 1. The molecule has 2 aromatic heterocycles. The van der Waals surface area contributed by atoms with Crippen molar-refractivity contribution in [3.63, 3.8) is 0 Å². The molecule has 21 heavy (non-hydrogen) atoms. The maximum atomic E-state index is 12.5. The van der Waals surface area contributed by atoms with Crippen LogP contribution < -0.4 is 4.90 Å². The van der Waals surface area contributed by atoms with Crippen LogP contribution in [0.4, 0.5) is 5.82 Å². The van der Waals surface area contributed by atoms with Crippen molar-refractivity contribution in [1.29, 1.82) is 0 Å². The van der Waals surface area contributed by atoms with Crippen LogP contribution in [0, 0.1) is 13.8 Å². The lowest BCUT2D eigenvalue weighted by atomic mass is 10.2. The number of amides is 1. The fraction of sp³-hybridized carbons (Fsp3) is 0.400. The smallest absolute Gasteiger partial charge is 0.265 e. The molecule has 0 aliphatic carbocycles. The number of carbonyl (C=O) groups excluding carboxylic acids is 1. The number of carbonyl (C=O) groups is 1. The first-order valence-electron chi connectivity index (χ1n) is 7.04. The summed E-state index contributed by atoms with van der Waals surface area (Å²) in [5.74, 6) is 1.09. The fourth-order valence-corrected chi connectivity index (χ4v) is 3.44. The van der Waals surface area contributed by atoms with Crippen molar-refractivity contribution in [3.8, 4) is 0 Å². The van der Waals surface area contributed by atoms with E-state index in [0.29, 0.717) is 0 Å². The Bertz CT molecular complexity index is 632. The summed E-state index contributed by atoms with van der Waals surface area (Å²) < 4.78 is 0. The average molecular weight is 302 g/mol. The van der Waals surface area contributed by atoms with Crippen LogP contribution in [0.25, 0.3) is 0 Å². The third-order valence-corrected chi connectivity index (χ3v) is 4.70. The molecule has 0 radical (unpaired) electrons. The average Bonchev–Trinajstić information content (AvgIpc) is 2.86. The molecule has 0 N–H and O–H groups in total. The summed E-state index contributed by atoms with van der Waals surface area (Å²) in [5, 5.41) is 0.947. The topological polar surface area (TPSA) is 49.3 Å². The summed E-state index contributed by atoms with van der Waals surface area (Å²) in [5.41, 5.74) is 0.842. The number of hydrogen-bond acceptors (Lipinski definition) is 5. The van der Waals surface area contributed by atoms with E-state index in [2.05, 4.69) is 14.9 Å². The molecule has 1 amide bonds. The molecule has 6 heteroatoms. The molecule has 0 saturated carbocycles. The first-order valence-corrected chi connectivity index (χ1v) is 7.86. The van der Waals surface area contributed by atoms with E-state index in [1.165, 1.54) is 11.3 Å². The highest BCUT2D eigenvalue weighted by Crippen LogP contribution is 2.21. The summed E-state index contributed by atoms with van der Waals surface area (Å²) >= 11 is 1.49. The Hall–Kier alpha value is -1.95. The van der Waals surface area contributed by atoms with Gasteiger partial charge in [0.2, 0.25) is 0 Å². The number of nitrogens with zero attached hydrogens (tertiary/aromatic N) is 4. The van der Waals surface area contributed by atoms with Crippen LogP contribution in [0.2, 0.25) is 0 Å². The lowest BCUT2D eigenvalue weighted by molar-refractivity contribution is 0.0750. The SMILES string of the molecule is Cc1nc(C)c(C(=O)N2CCN(c3ccccn3)CC2)s1. The molecular weight excluding hydrogens is 284 g/mol. The van der Waals surface area contributed by atoms with Crippen LogP contribution in [0.3, 0.4) is 0 Å². The maximum absolute atomic E-state index is 12.5. The number of aryl methyl sites for hydroxylation is 2. The van der Waals surface area contributed by atoms with E-state index in [4.69, 9.17) is 0 Å². The van der Waals surface area contributed by atoms with Crippen molar-refractivity contribution in [2.75, 3.05) is 31.1 Å². The number of hydrogen-bond donors (Lipinski definition) is 0. The lowest BCUT2D eigenvalue weighted by Gasteiger charge is -2.35. The Morgan fingerprint density at radius 3 is 2.52 bits per heavy atom. The van der Waals surface area contributed by atoms with Gasteiger partial charge in [0, 0.05) is 32.4 Å². The lowest BCUT2D eigenvalue weighted by Crippen LogP contribution is -2.49. The highest BCUT2D eigenvalue weighted by molar-refractivity contribution is 7.13. The Labute approximate surface area is 128 Å². The fourth-order valence-electron chi connectivity index (χ4n) is 2.55. The van der Waals surface area contributed by atoms with Gasteiger partial charge in [0.05, 0.1) is 10.7 Å². The predicted molar refractivity (Wildman–Crippen MR) is 83.9 cm³/mol. The molecular formula is C15H18N4OS. The normalized spacial score (nSPS) is 15.3. The van der Waals surface area contributed by atoms with E-state index in [-0.39, 0.29) is 5.91 Å². The van der Waals surface area contributed by atoms with E-state index in [1.807, 2.05) is 36.9 Å². The van der Waals surface area contributed by atoms with Gasteiger partial charge in [-0.3, -0.25) is 4.79 Å². The number of pyridine rings is 1. The van der Waals surface area contributed by atoms with E-state index in [0.717, 1.165) is 47.6 Å². The van der Waals surface area contributed by atoms with Gasteiger partial charge in [-0.15, -0.1) is 11.3 Å². The zero-order valence-electron chi connectivity index (χ0n) is 12.2. The predicted octanol–water partition coefficient (Wildman–Crippen LogP) is 2.12. The third-order valence-electron chi connectivity index (χ3n) is 3.64. The largest absolute Gasteiger partial charge is 0.353 e. The van der Waals surface area contributed by atoms with E-state index in [9.17, 15) is 4.79 Å². The van der Waals surface area contributed by atoms with Crippen molar-refractivity contribution in [1.82, 2.24) is 14.9 Å². The van der Waals surface area contributed by atoms with Crippen molar-refractivity contribution >= 4 is 23.1 Å². The van der Waals surface area contributed by atoms with Crippen LogP contribution in [0.1, 0.15) is 20.4 Å².